The molecule has 1 aliphatic heterocycles. The highest BCUT2D eigenvalue weighted by atomic mass is 19.1. The lowest BCUT2D eigenvalue weighted by atomic mass is 10.1. The van der Waals surface area contributed by atoms with Crippen molar-refractivity contribution in [3.05, 3.63) is 47.3 Å². The Labute approximate surface area is 120 Å². The van der Waals surface area contributed by atoms with Gasteiger partial charge in [0.15, 0.2) is 5.82 Å². The van der Waals surface area contributed by atoms with E-state index >= 15 is 0 Å². The Hall–Kier alpha value is -2.28. The van der Waals surface area contributed by atoms with Crippen LogP contribution in [0.1, 0.15) is 34.3 Å². The van der Waals surface area contributed by atoms with Crippen molar-refractivity contribution in [2.45, 2.75) is 25.5 Å². The highest BCUT2D eigenvalue weighted by Crippen LogP contribution is 2.26. The van der Waals surface area contributed by atoms with Gasteiger partial charge in [0, 0.05) is 6.61 Å². The van der Waals surface area contributed by atoms with Gasteiger partial charge in [0.05, 0.1) is 11.6 Å². The number of rotatable bonds is 3. The third kappa shape index (κ3) is 2.64. The zero-order valence-electron chi connectivity index (χ0n) is 11.5. The number of aromatic nitrogens is 3. The smallest absolute Gasteiger partial charge is 0.254 e. The predicted molar refractivity (Wildman–Crippen MR) is 72.1 cm³/mol. The van der Waals surface area contributed by atoms with E-state index in [4.69, 9.17) is 4.74 Å². The number of ether oxygens (including phenoxy) is 1. The topological polar surface area (TPSA) is 79.9 Å². The van der Waals surface area contributed by atoms with Gasteiger partial charge in [-0.15, -0.1) is 0 Å². The van der Waals surface area contributed by atoms with Crippen molar-refractivity contribution >= 4 is 5.91 Å². The minimum atomic E-state index is -0.495. The molecule has 21 heavy (non-hydrogen) atoms. The molecular formula is C14H15FN4O2. The zero-order chi connectivity index (χ0) is 14.8. The van der Waals surface area contributed by atoms with E-state index in [1.54, 1.807) is 19.1 Å². The zero-order valence-corrected chi connectivity index (χ0v) is 11.5. The van der Waals surface area contributed by atoms with Crippen molar-refractivity contribution in [3.63, 3.8) is 0 Å². The van der Waals surface area contributed by atoms with Crippen LogP contribution in [0, 0.1) is 12.7 Å². The summed E-state index contributed by atoms with van der Waals surface area (Å²) in [7, 11) is 0. The van der Waals surface area contributed by atoms with E-state index in [1.165, 1.54) is 12.4 Å². The van der Waals surface area contributed by atoms with E-state index in [2.05, 4.69) is 20.5 Å². The summed E-state index contributed by atoms with van der Waals surface area (Å²) in [5.74, 6) is -0.385. The third-order valence-corrected chi connectivity index (χ3v) is 3.55. The van der Waals surface area contributed by atoms with Gasteiger partial charge in [-0.25, -0.2) is 9.37 Å². The quantitative estimate of drug-likeness (QED) is 0.898. The van der Waals surface area contributed by atoms with Crippen molar-refractivity contribution in [1.29, 1.82) is 0 Å². The molecule has 3 rings (SSSR count). The maximum Gasteiger partial charge on any atom is 0.254 e. The molecule has 1 aliphatic rings. The van der Waals surface area contributed by atoms with Gasteiger partial charge in [0.2, 0.25) is 0 Å². The molecule has 0 saturated carbocycles. The summed E-state index contributed by atoms with van der Waals surface area (Å²) in [6, 6.07) is 4.50. The van der Waals surface area contributed by atoms with Crippen LogP contribution in [-0.4, -0.2) is 33.7 Å². The first kappa shape index (κ1) is 13.7. The molecule has 1 fully saturated rings. The Bertz CT molecular complexity index is 644. The molecule has 6 nitrogen and oxygen atoms in total. The number of nitrogens with zero attached hydrogens (tertiary/aromatic N) is 2. The molecule has 1 aromatic heterocycles. The van der Waals surface area contributed by atoms with Crippen molar-refractivity contribution < 1.29 is 13.9 Å². The minimum absolute atomic E-state index is 0.0400. The number of amides is 1. The first-order valence-electron chi connectivity index (χ1n) is 6.69. The normalized spacial score (nSPS) is 21.4. The van der Waals surface area contributed by atoms with E-state index in [0.29, 0.717) is 24.4 Å². The van der Waals surface area contributed by atoms with Crippen LogP contribution in [0.25, 0.3) is 0 Å². The van der Waals surface area contributed by atoms with Crippen LogP contribution in [0.2, 0.25) is 0 Å². The van der Waals surface area contributed by atoms with Gasteiger partial charge in [-0.1, -0.05) is 12.1 Å². The first-order valence-corrected chi connectivity index (χ1v) is 6.69. The second kappa shape index (κ2) is 5.61. The third-order valence-electron chi connectivity index (χ3n) is 3.55. The molecular weight excluding hydrogens is 275 g/mol. The SMILES string of the molecule is Cc1cccc(C(=O)N[C@H]2CCO[C@H]2c2ncn[nH]2)c1F. The molecule has 110 valence electrons. The Morgan fingerprint density at radius 1 is 1.52 bits per heavy atom. The summed E-state index contributed by atoms with van der Waals surface area (Å²) < 4.78 is 19.5. The number of carbonyl (C=O) groups excluding carboxylic acids is 1. The number of aromatic amines is 1. The monoisotopic (exact) mass is 290 g/mol. The van der Waals surface area contributed by atoms with Crippen LogP contribution in [0.4, 0.5) is 4.39 Å². The maximum absolute atomic E-state index is 14.0. The fraction of sp³-hybridized carbons (Fsp3) is 0.357. The average Bonchev–Trinajstić information content (AvgIpc) is 3.12. The number of hydrogen-bond donors (Lipinski definition) is 2. The number of halogens is 1. The summed E-state index contributed by atoms with van der Waals surface area (Å²) in [6.07, 6.45) is 1.64. The number of carbonyl (C=O) groups is 1. The number of H-pyrrole nitrogens is 1. The molecule has 0 unspecified atom stereocenters. The van der Waals surface area contributed by atoms with Gasteiger partial charge < -0.3 is 10.1 Å². The predicted octanol–water partition coefficient (Wildman–Crippen LogP) is 1.51. The molecule has 0 spiro atoms. The van der Waals surface area contributed by atoms with E-state index in [-0.39, 0.29) is 17.7 Å². The molecule has 0 radical (unpaired) electrons. The van der Waals surface area contributed by atoms with Crippen molar-refractivity contribution in [2.24, 2.45) is 0 Å². The fourth-order valence-electron chi connectivity index (χ4n) is 2.43. The van der Waals surface area contributed by atoms with Crippen molar-refractivity contribution in [3.8, 4) is 0 Å². The molecule has 0 aliphatic carbocycles. The molecule has 2 N–H and O–H groups in total. The standard InChI is InChI=1S/C14H15FN4O2/c1-8-3-2-4-9(11(8)15)14(20)18-10-5-6-21-12(10)13-16-7-17-19-13/h2-4,7,10,12H,5-6H2,1H3,(H,18,20)(H,16,17,19)/t10-,12+/m0/s1. The Kier molecular flexibility index (Phi) is 3.66. The lowest BCUT2D eigenvalue weighted by Gasteiger charge is -2.18. The van der Waals surface area contributed by atoms with Crippen LogP contribution < -0.4 is 5.32 Å². The fourth-order valence-corrected chi connectivity index (χ4v) is 2.43. The molecule has 1 amide bonds. The second-order valence-corrected chi connectivity index (χ2v) is 4.97. The van der Waals surface area contributed by atoms with Crippen LogP contribution in [0.5, 0.6) is 0 Å². The summed E-state index contributed by atoms with van der Waals surface area (Å²) in [5.41, 5.74) is 0.482. The molecule has 7 heteroatoms. The Morgan fingerprint density at radius 3 is 3.14 bits per heavy atom. The summed E-state index contributed by atoms with van der Waals surface area (Å²) in [6.45, 7) is 2.13. The molecule has 2 aromatic rings. The van der Waals surface area contributed by atoms with Gasteiger partial charge in [-0.05, 0) is 25.0 Å². The Morgan fingerprint density at radius 2 is 2.38 bits per heavy atom. The summed E-state index contributed by atoms with van der Waals surface area (Å²) >= 11 is 0. The molecule has 0 bridgehead atoms. The van der Waals surface area contributed by atoms with E-state index in [9.17, 15) is 9.18 Å². The molecule has 2 heterocycles. The number of benzene rings is 1. The van der Waals surface area contributed by atoms with Crippen LogP contribution in [-0.2, 0) is 4.74 Å². The Balaban J connectivity index is 1.76. The average molecular weight is 290 g/mol. The van der Waals surface area contributed by atoms with Crippen LogP contribution in [0.15, 0.2) is 24.5 Å². The maximum atomic E-state index is 14.0. The molecule has 1 saturated heterocycles. The van der Waals surface area contributed by atoms with Crippen LogP contribution in [0.3, 0.4) is 0 Å². The number of hydrogen-bond acceptors (Lipinski definition) is 4. The van der Waals surface area contributed by atoms with Gasteiger partial charge >= 0.3 is 0 Å². The van der Waals surface area contributed by atoms with Crippen molar-refractivity contribution in [2.75, 3.05) is 6.61 Å². The van der Waals surface area contributed by atoms with Crippen LogP contribution >= 0.6 is 0 Å². The second-order valence-electron chi connectivity index (χ2n) is 4.97. The van der Waals surface area contributed by atoms with E-state index in [0.717, 1.165) is 0 Å². The summed E-state index contributed by atoms with van der Waals surface area (Å²) in [5, 5.41) is 9.32. The number of aryl methyl sites for hydroxylation is 1. The summed E-state index contributed by atoms with van der Waals surface area (Å²) in [4.78, 5) is 16.3. The van der Waals surface area contributed by atoms with Crippen molar-refractivity contribution in [1.82, 2.24) is 20.5 Å². The molecule has 2 atom stereocenters. The van der Waals surface area contributed by atoms with Gasteiger partial charge in [-0.3, -0.25) is 9.89 Å². The van der Waals surface area contributed by atoms with Gasteiger partial charge in [0.1, 0.15) is 18.2 Å². The largest absolute Gasteiger partial charge is 0.368 e. The molecule has 1 aromatic carbocycles. The van der Waals surface area contributed by atoms with Gasteiger partial charge in [0.25, 0.3) is 5.91 Å². The first-order chi connectivity index (χ1) is 10.2. The van der Waals surface area contributed by atoms with E-state index in [1.807, 2.05) is 0 Å². The lowest BCUT2D eigenvalue weighted by Crippen LogP contribution is -2.37. The van der Waals surface area contributed by atoms with E-state index < -0.39 is 11.7 Å². The van der Waals surface area contributed by atoms with Gasteiger partial charge in [-0.2, -0.15) is 5.10 Å². The number of nitrogens with one attached hydrogen (secondary N) is 2. The lowest BCUT2D eigenvalue weighted by molar-refractivity contribution is 0.0789. The highest BCUT2D eigenvalue weighted by Gasteiger charge is 2.33. The highest BCUT2D eigenvalue weighted by molar-refractivity contribution is 5.94. The minimum Gasteiger partial charge on any atom is -0.368 e.